The summed E-state index contributed by atoms with van der Waals surface area (Å²) in [7, 11) is 0. The van der Waals surface area contributed by atoms with E-state index in [0.29, 0.717) is 16.5 Å². The number of carbonyl (C=O) groups excluding carboxylic acids is 1. The average Bonchev–Trinajstić information content (AvgIpc) is 2.89. The molecular formula is C26H21ClN4O6. The van der Waals surface area contributed by atoms with Crippen LogP contribution in [0.5, 0.6) is 5.75 Å². The first-order valence-electron chi connectivity index (χ1n) is 11.2. The fourth-order valence-corrected chi connectivity index (χ4v) is 3.79. The number of rotatable bonds is 8. The van der Waals surface area contributed by atoms with Gasteiger partial charge in [-0.2, -0.15) is 9.78 Å². The highest BCUT2D eigenvalue weighted by Crippen LogP contribution is 2.34. The van der Waals surface area contributed by atoms with E-state index < -0.39 is 28.2 Å². The lowest BCUT2D eigenvalue weighted by Gasteiger charge is -2.15. The maximum atomic E-state index is 13.4. The van der Waals surface area contributed by atoms with Crippen LogP contribution in [0.4, 0.5) is 5.69 Å². The number of nitro benzene ring substituents is 1. The van der Waals surface area contributed by atoms with Crippen molar-refractivity contribution in [2.45, 2.75) is 20.0 Å². The molecule has 0 N–H and O–H groups in total. The molecule has 0 radical (unpaired) electrons. The standard InChI is InChI=1S/C26H21ClN4O6/c1-3-36-26(33)16(2)37-23-18(13-19(27)14-22(23)31(34)35)15-28-30-24(17-9-5-4-6-10-17)29-21-12-8-7-11-20(21)25(30)32/h4-16H,3H2,1-2H3/t16-/m0/s1. The Morgan fingerprint density at radius 1 is 1.19 bits per heavy atom. The Bertz CT molecular complexity index is 1570. The Morgan fingerprint density at radius 3 is 2.59 bits per heavy atom. The van der Waals surface area contributed by atoms with Crippen molar-refractivity contribution in [2.24, 2.45) is 5.10 Å². The normalized spacial score (nSPS) is 12.0. The Morgan fingerprint density at radius 2 is 1.89 bits per heavy atom. The van der Waals surface area contributed by atoms with Crippen LogP contribution < -0.4 is 10.3 Å². The largest absolute Gasteiger partial charge is 0.471 e. The van der Waals surface area contributed by atoms with E-state index in [9.17, 15) is 19.7 Å². The fraction of sp³-hybridized carbons (Fsp3) is 0.154. The van der Waals surface area contributed by atoms with Crippen LogP contribution in [0.2, 0.25) is 5.02 Å². The van der Waals surface area contributed by atoms with Gasteiger partial charge < -0.3 is 9.47 Å². The van der Waals surface area contributed by atoms with Gasteiger partial charge in [0.15, 0.2) is 11.9 Å². The number of esters is 1. The number of ether oxygens (including phenoxy) is 2. The van der Waals surface area contributed by atoms with E-state index in [1.54, 1.807) is 55.5 Å². The number of para-hydroxylation sites is 1. The Labute approximate surface area is 215 Å². The van der Waals surface area contributed by atoms with Crippen LogP contribution in [0.25, 0.3) is 22.3 Å². The van der Waals surface area contributed by atoms with Gasteiger partial charge in [-0.25, -0.2) is 9.78 Å². The lowest BCUT2D eigenvalue weighted by Crippen LogP contribution is -2.27. The molecule has 188 valence electrons. The van der Waals surface area contributed by atoms with Crippen LogP contribution >= 0.6 is 11.6 Å². The fourth-order valence-electron chi connectivity index (χ4n) is 3.57. The number of hydrogen-bond donors (Lipinski definition) is 0. The number of aromatic nitrogens is 2. The second-order valence-electron chi connectivity index (χ2n) is 7.79. The highest BCUT2D eigenvalue weighted by Gasteiger charge is 2.26. The van der Waals surface area contributed by atoms with E-state index in [0.717, 1.165) is 10.7 Å². The van der Waals surface area contributed by atoms with Crippen LogP contribution in [-0.4, -0.2) is 39.5 Å². The van der Waals surface area contributed by atoms with Crippen molar-refractivity contribution in [3.05, 3.63) is 97.8 Å². The van der Waals surface area contributed by atoms with Gasteiger partial charge in [-0.15, -0.1) is 0 Å². The number of nitro groups is 1. The summed E-state index contributed by atoms with van der Waals surface area (Å²) in [5, 5.41) is 16.5. The minimum absolute atomic E-state index is 0.0385. The minimum atomic E-state index is -1.16. The molecule has 0 bridgehead atoms. The molecule has 1 heterocycles. The Hall–Kier alpha value is -4.57. The zero-order valence-electron chi connectivity index (χ0n) is 19.8. The molecule has 3 aromatic carbocycles. The Kier molecular flexibility index (Phi) is 7.59. The van der Waals surface area contributed by atoms with Gasteiger partial charge in [0.1, 0.15) is 0 Å². The lowest BCUT2D eigenvalue weighted by atomic mass is 10.1. The first-order chi connectivity index (χ1) is 17.8. The molecule has 4 aromatic rings. The zero-order valence-corrected chi connectivity index (χ0v) is 20.6. The molecule has 0 aliphatic heterocycles. The molecule has 37 heavy (non-hydrogen) atoms. The summed E-state index contributed by atoms with van der Waals surface area (Å²) in [6.07, 6.45) is 0.0491. The molecule has 0 aliphatic carbocycles. The van der Waals surface area contributed by atoms with Crippen LogP contribution in [-0.2, 0) is 9.53 Å². The van der Waals surface area contributed by atoms with Gasteiger partial charge in [0.05, 0.1) is 28.6 Å². The second-order valence-corrected chi connectivity index (χ2v) is 8.23. The number of halogens is 1. The number of carbonyl (C=O) groups is 1. The Balaban J connectivity index is 1.89. The molecule has 0 aliphatic rings. The maximum absolute atomic E-state index is 13.4. The van der Waals surface area contributed by atoms with Crippen molar-refractivity contribution in [1.82, 2.24) is 9.66 Å². The molecule has 11 heteroatoms. The van der Waals surface area contributed by atoms with E-state index in [2.05, 4.69) is 10.1 Å². The maximum Gasteiger partial charge on any atom is 0.347 e. The van der Waals surface area contributed by atoms with E-state index >= 15 is 0 Å². The van der Waals surface area contributed by atoms with Gasteiger partial charge in [-0.1, -0.05) is 54.1 Å². The quantitative estimate of drug-likeness (QED) is 0.141. The summed E-state index contributed by atoms with van der Waals surface area (Å²) >= 11 is 6.14. The minimum Gasteiger partial charge on any atom is -0.471 e. The summed E-state index contributed by atoms with van der Waals surface area (Å²) in [5.74, 6) is -0.683. The number of nitrogens with zero attached hydrogens (tertiary/aromatic N) is 4. The molecule has 4 rings (SSSR count). The van der Waals surface area contributed by atoms with E-state index in [-0.39, 0.29) is 28.8 Å². The van der Waals surface area contributed by atoms with Gasteiger partial charge in [0.2, 0.25) is 5.75 Å². The summed E-state index contributed by atoms with van der Waals surface area (Å²) in [4.78, 5) is 41.2. The molecule has 1 atom stereocenters. The summed E-state index contributed by atoms with van der Waals surface area (Å²) < 4.78 is 11.7. The molecule has 0 saturated carbocycles. The highest BCUT2D eigenvalue weighted by molar-refractivity contribution is 6.31. The smallest absolute Gasteiger partial charge is 0.347 e. The van der Waals surface area contributed by atoms with E-state index in [4.69, 9.17) is 21.1 Å². The van der Waals surface area contributed by atoms with Gasteiger partial charge in [-0.05, 0) is 32.0 Å². The molecule has 0 spiro atoms. The third-order valence-corrected chi connectivity index (χ3v) is 5.49. The van der Waals surface area contributed by atoms with Gasteiger partial charge in [0, 0.05) is 22.2 Å². The predicted molar refractivity (Wildman–Crippen MR) is 139 cm³/mol. The van der Waals surface area contributed by atoms with E-state index in [1.807, 2.05) is 6.07 Å². The van der Waals surface area contributed by atoms with Crippen molar-refractivity contribution in [1.29, 1.82) is 0 Å². The summed E-state index contributed by atoms with van der Waals surface area (Å²) in [6, 6.07) is 18.3. The third-order valence-electron chi connectivity index (χ3n) is 5.27. The molecule has 0 unspecified atom stereocenters. The van der Waals surface area contributed by atoms with Gasteiger partial charge >= 0.3 is 11.7 Å². The van der Waals surface area contributed by atoms with Crippen LogP contribution in [0.15, 0.2) is 76.6 Å². The molecule has 0 fully saturated rings. The van der Waals surface area contributed by atoms with E-state index in [1.165, 1.54) is 19.2 Å². The van der Waals surface area contributed by atoms with Crippen LogP contribution in [0.3, 0.4) is 0 Å². The van der Waals surface area contributed by atoms with Gasteiger partial charge in [0.25, 0.3) is 5.56 Å². The number of fused-ring (bicyclic) bond motifs is 1. The molecule has 10 nitrogen and oxygen atoms in total. The SMILES string of the molecule is CCOC(=O)[C@H](C)Oc1c(C=Nn2c(-c3ccccc3)nc3ccccc3c2=O)cc(Cl)cc1[N+](=O)[O-]. The summed E-state index contributed by atoms with van der Waals surface area (Å²) in [6.45, 7) is 3.15. The highest BCUT2D eigenvalue weighted by atomic mass is 35.5. The second kappa shape index (κ2) is 11.0. The first kappa shape index (κ1) is 25.5. The average molecular weight is 521 g/mol. The monoisotopic (exact) mass is 520 g/mol. The van der Waals surface area contributed by atoms with Crippen molar-refractivity contribution < 1.29 is 19.2 Å². The van der Waals surface area contributed by atoms with Crippen molar-refractivity contribution in [3.63, 3.8) is 0 Å². The lowest BCUT2D eigenvalue weighted by molar-refractivity contribution is -0.386. The van der Waals surface area contributed by atoms with Gasteiger partial charge in [-0.3, -0.25) is 14.9 Å². The molecular weight excluding hydrogens is 500 g/mol. The third kappa shape index (κ3) is 5.49. The molecule has 1 aromatic heterocycles. The molecule has 0 saturated heterocycles. The van der Waals surface area contributed by atoms with Crippen molar-refractivity contribution in [2.75, 3.05) is 6.61 Å². The van der Waals surface area contributed by atoms with Crippen molar-refractivity contribution in [3.8, 4) is 17.1 Å². The zero-order chi connectivity index (χ0) is 26.5. The summed E-state index contributed by atoms with van der Waals surface area (Å²) in [5.41, 5.74) is 0.279. The topological polar surface area (TPSA) is 126 Å². The van der Waals surface area contributed by atoms with Crippen molar-refractivity contribution >= 4 is 40.4 Å². The molecule has 0 amide bonds. The first-order valence-corrected chi connectivity index (χ1v) is 11.6. The van der Waals surface area contributed by atoms with Crippen LogP contribution in [0.1, 0.15) is 19.4 Å². The predicted octanol–water partition coefficient (Wildman–Crippen LogP) is 4.84. The number of benzene rings is 3. The number of hydrogen-bond acceptors (Lipinski definition) is 8. The van der Waals surface area contributed by atoms with Crippen LogP contribution in [0, 0.1) is 10.1 Å².